The molecule has 0 aromatic heterocycles. The van der Waals surface area contributed by atoms with Gasteiger partial charge >= 0.3 is 206 Å². The van der Waals surface area contributed by atoms with Crippen LogP contribution in [0.5, 0.6) is 0 Å². The molecule has 0 saturated carbocycles. The summed E-state index contributed by atoms with van der Waals surface area (Å²) in [6, 6.07) is 18.6. The van der Waals surface area contributed by atoms with Crippen LogP contribution in [0.2, 0.25) is 0 Å². The van der Waals surface area contributed by atoms with Crippen LogP contribution in [0.4, 0.5) is 0 Å². The van der Waals surface area contributed by atoms with Gasteiger partial charge in [0.1, 0.15) is 0 Å². The van der Waals surface area contributed by atoms with Crippen molar-refractivity contribution in [3.05, 3.63) is 71.8 Å². The van der Waals surface area contributed by atoms with Gasteiger partial charge in [-0.25, -0.2) is 0 Å². The van der Waals surface area contributed by atoms with Crippen molar-refractivity contribution < 1.29 is 216 Å². The van der Waals surface area contributed by atoms with Gasteiger partial charge in [0.25, 0.3) is 0 Å². The van der Waals surface area contributed by atoms with E-state index in [4.69, 9.17) is 0 Å². The summed E-state index contributed by atoms with van der Waals surface area (Å²) in [5.41, 5.74) is 1.47. The largest absolute Gasteiger partial charge is 1.00 e. The molecule has 0 aliphatic rings. The van der Waals surface area contributed by atoms with Gasteiger partial charge in [0.2, 0.25) is 0 Å². The summed E-state index contributed by atoms with van der Waals surface area (Å²) in [6.45, 7) is 0. The fourth-order valence-corrected chi connectivity index (χ4v) is 1.35. The molecular weight excluding hydrogens is 329 g/mol. The molecule has 0 atom stereocenters. The minimum atomic E-state index is 0. The van der Waals surface area contributed by atoms with Gasteiger partial charge in [-0.1, -0.05) is 60.7 Å². The average Bonchev–Trinajstić information content (AvgIpc) is 2.30. The Balaban J connectivity index is -0.0000000562. The summed E-state index contributed by atoms with van der Waals surface area (Å²) in [5, 5.41) is 0. The van der Waals surface area contributed by atoms with Crippen molar-refractivity contribution in [1.82, 2.24) is 0 Å². The van der Waals surface area contributed by atoms with Crippen LogP contribution in [-0.4, -0.2) is 5.78 Å². The van der Waals surface area contributed by atoms with Gasteiger partial charge in [-0.3, -0.25) is 4.79 Å². The summed E-state index contributed by atoms with van der Waals surface area (Å²) >= 11 is 0. The molecule has 2 rings (SSSR count). The molecular formula is C13H14K4O. The Morgan fingerprint density at radius 2 is 0.889 bits per heavy atom. The van der Waals surface area contributed by atoms with E-state index in [2.05, 4.69) is 0 Å². The molecule has 0 fully saturated rings. The van der Waals surface area contributed by atoms with Gasteiger partial charge < -0.3 is 5.71 Å². The van der Waals surface area contributed by atoms with E-state index in [0.717, 1.165) is 11.1 Å². The first-order valence-corrected chi connectivity index (χ1v) is 4.53. The minimum Gasteiger partial charge on any atom is -1.00 e. The number of hydrogen-bond donors (Lipinski definition) is 0. The second-order valence-electron chi connectivity index (χ2n) is 3.06. The van der Waals surface area contributed by atoms with Crippen molar-refractivity contribution in [2.45, 2.75) is 0 Å². The van der Waals surface area contributed by atoms with Crippen LogP contribution >= 0.6 is 0 Å². The van der Waals surface area contributed by atoms with Crippen molar-refractivity contribution in [2.75, 3.05) is 0 Å². The first-order valence-electron chi connectivity index (χ1n) is 4.53. The molecule has 0 aliphatic carbocycles. The zero-order chi connectivity index (χ0) is 9.80. The van der Waals surface area contributed by atoms with Gasteiger partial charge in [0, 0.05) is 11.1 Å². The van der Waals surface area contributed by atoms with E-state index in [0.29, 0.717) is 0 Å². The number of rotatable bonds is 2. The predicted octanol–water partition coefficient (Wildman–Crippen LogP) is -8.62. The average molecular weight is 343 g/mol. The van der Waals surface area contributed by atoms with Crippen LogP contribution in [0.25, 0.3) is 0 Å². The van der Waals surface area contributed by atoms with Crippen LogP contribution in [-0.2, 0) is 0 Å². The summed E-state index contributed by atoms with van der Waals surface area (Å²) in [7, 11) is 0. The summed E-state index contributed by atoms with van der Waals surface area (Å²) in [4.78, 5) is 11.8. The smallest absolute Gasteiger partial charge is 1.00 e. The van der Waals surface area contributed by atoms with Crippen LogP contribution in [0.1, 0.15) is 21.6 Å². The minimum absolute atomic E-state index is 0. The first kappa shape index (κ1) is 27.5. The van der Waals surface area contributed by atoms with Crippen LogP contribution in [0.3, 0.4) is 0 Å². The van der Waals surface area contributed by atoms with Gasteiger partial charge in [-0.2, -0.15) is 0 Å². The SMILES string of the molecule is O=C(c1ccccc1)c1ccccc1.[H-].[H-].[H-].[H-].[K+].[K+].[K+].[K+]. The Hall–Kier alpha value is 4.66. The second-order valence-corrected chi connectivity index (χ2v) is 3.06. The van der Waals surface area contributed by atoms with E-state index in [1.54, 1.807) is 0 Å². The van der Waals surface area contributed by atoms with E-state index in [9.17, 15) is 4.79 Å². The summed E-state index contributed by atoms with van der Waals surface area (Å²) in [5.74, 6) is 0.0752. The Morgan fingerprint density at radius 1 is 0.611 bits per heavy atom. The van der Waals surface area contributed by atoms with Gasteiger partial charge in [-0.05, 0) is 0 Å². The third kappa shape index (κ3) is 9.72. The maximum Gasteiger partial charge on any atom is 1.00 e. The zero-order valence-corrected chi connectivity index (χ0v) is 24.2. The quantitative estimate of drug-likeness (QED) is 0.391. The van der Waals surface area contributed by atoms with E-state index in [1.165, 1.54) is 0 Å². The molecule has 1 nitrogen and oxygen atoms in total. The maximum atomic E-state index is 11.8. The first-order chi connectivity index (χ1) is 6.88. The molecule has 0 aliphatic heterocycles. The number of carbonyl (C=O) groups excluding carboxylic acids is 1. The molecule has 5 heteroatoms. The molecule has 0 bridgehead atoms. The molecule has 0 N–H and O–H groups in total. The van der Waals surface area contributed by atoms with E-state index >= 15 is 0 Å². The number of benzene rings is 2. The second kappa shape index (κ2) is 16.5. The molecule has 2 aromatic rings. The van der Waals surface area contributed by atoms with Crippen LogP contribution in [0.15, 0.2) is 60.7 Å². The van der Waals surface area contributed by atoms with Crippen molar-refractivity contribution in [3.8, 4) is 0 Å². The van der Waals surface area contributed by atoms with Crippen molar-refractivity contribution in [1.29, 1.82) is 0 Å². The Kier molecular flexibility index (Phi) is 25.2. The molecule has 18 heavy (non-hydrogen) atoms. The van der Waals surface area contributed by atoms with E-state index in [1.807, 2.05) is 60.7 Å². The summed E-state index contributed by atoms with van der Waals surface area (Å²) in [6.07, 6.45) is 0. The molecule has 0 heterocycles. The molecule has 0 unspecified atom stereocenters. The van der Waals surface area contributed by atoms with Crippen molar-refractivity contribution >= 4 is 5.78 Å². The molecule has 2 aromatic carbocycles. The standard InChI is InChI=1S/C13H10O.4K.4H/c14-13(11-7-3-1-4-8-11)12-9-5-2-6-10-12;;;;;;;;/h1-10H;;;;;;;;/q;4*+1;4*-1. The normalized spacial score (nSPS) is 7.56. The van der Waals surface area contributed by atoms with Crippen LogP contribution < -0.4 is 206 Å². The zero-order valence-electron chi connectivity index (χ0n) is 15.7. The Bertz CT molecular complexity index is 405. The van der Waals surface area contributed by atoms with Gasteiger partial charge in [-0.15, -0.1) is 0 Å². The summed E-state index contributed by atoms with van der Waals surface area (Å²) < 4.78 is 0. The third-order valence-corrected chi connectivity index (χ3v) is 2.07. The predicted molar refractivity (Wildman–Crippen MR) is 60.8 cm³/mol. The topological polar surface area (TPSA) is 17.1 Å². The number of hydrogen-bond acceptors (Lipinski definition) is 1. The molecule has 0 spiro atoms. The number of ketones is 1. The van der Waals surface area contributed by atoms with E-state index < -0.39 is 0 Å². The van der Waals surface area contributed by atoms with Gasteiger partial charge in [0.15, 0.2) is 5.78 Å². The fraction of sp³-hybridized carbons (Fsp3) is 0. The molecule has 0 radical (unpaired) electrons. The van der Waals surface area contributed by atoms with Gasteiger partial charge in [0.05, 0.1) is 0 Å². The fourth-order valence-electron chi connectivity index (χ4n) is 1.35. The molecule has 0 amide bonds. The van der Waals surface area contributed by atoms with E-state index in [-0.39, 0.29) is 217 Å². The third-order valence-electron chi connectivity index (χ3n) is 2.07. The molecule has 0 saturated heterocycles. The Morgan fingerprint density at radius 3 is 1.17 bits per heavy atom. The van der Waals surface area contributed by atoms with Crippen LogP contribution in [0, 0.1) is 0 Å². The van der Waals surface area contributed by atoms with Crippen molar-refractivity contribution in [3.63, 3.8) is 0 Å². The maximum absolute atomic E-state index is 11.8. The monoisotopic (exact) mass is 342 g/mol. The van der Waals surface area contributed by atoms with Crippen molar-refractivity contribution in [2.24, 2.45) is 0 Å². The molecule has 76 valence electrons. The number of carbonyl (C=O) groups is 1. The Labute approximate surface area is 285 Å².